The molecular weight excluding hydrogens is 296 g/mol. The third kappa shape index (κ3) is 3.57. The fraction of sp³-hybridized carbons (Fsp3) is 0.385. The molecule has 0 aliphatic rings. The Bertz CT molecular complexity index is 478. The van der Waals surface area contributed by atoms with Crippen molar-refractivity contribution in [3.8, 4) is 0 Å². The summed E-state index contributed by atoms with van der Waals surface area (Å²) in [5, 5.41) is 5.35. The van der Waals surface area contributed by atoms with E-state index in [2.05, 4.69) is 26.6 Å². The zero-order chi connectivity index (χ0) is 13.9. The zero-order valence-electron chi connectivity index (χ0n) is 10.9. The highest BCUT2D eigenvalue weighted by atomic mass is 79.9. The van der Waals surface area contributed by atoms with Crippen LogP contribution in [0.15, 0.2) is 18.2 Å². The van der Waals surface area contributed by atoms with Gasteiger partial charge in [-0.25, -0.2) is 0 Å². The molecule has 5 heteroatoms. The van der Waals surface area contributed by atoms with Crippen LogP contribution >= 0.6 is 15.9 Å². The Hall–Kier alpha value is -1.36. The van der Waals surface area contributed by atoms with Crippen LogP contribution in [0.5, 0.6) is 0 Å². The summed E-state index contributed by atoms with van der Waals surface area (Å²) in [4.78, 5) is 23.4. The van der Waals surface area contributed by atoms with Gasteiger partial charge in [-0.05, 0) is 38.5 Å². The highest BCUT2D eigenvalue weighted by Gasteiger charge is 2.24. The number of halogens is 1. The molecule has 1 aromatic carbocycles. The first-order valence-electron chi connectivity index (χ1n) is 5.59. The van der Waals surface area contributed by atoms with Crippen molar-refractivity contribution in [2.24, 2.45) is 0 Å². The zero-order valence-corrected chi connectivity index (χ0v) is 12.5. The van der Waals surface area contributed by atoms with E-state index in [1.54, 1.807) is 39.1 Å². The van der Waals surface area contributed by atoms with Gasteiger partial charge in [-0.1, -0.05) is 22.0 Å². The Morgan fingerprint density at radius 2 is 1.89 bits per heavy atom. The van der Waals surface area contributed by atoms with Crippen LogP contribution < -0.4 is 10.6 Å². The summed E-state index contributed by atoms with van der Waals surface area (Å²) < 4.78 is -0.650. The van der Waals surface area contributed by atoms with Crippen molar-refractivity contribution in [1.82, 2.24) is 5.32 Å². The number of amides is 2. The van der Waals surface area contributed by atoms with E-state index in [0.29, 0.717) is 11.3 Å². The molecule has 0 aliphatic carbocycles. The number of nitrogens with one attached hydrogen (secondary N) is 2. The molecule has 18 heavy (non-hydrogen) atoms. The molecule has 1 aromatic rings. The van der Waals surface area contributed by atoms with E-state index in [4.69, 9.17) is 0 Å². The molecule has 1 rings (SSSR count). The fourth-order valence-corrected chi connectivity index (χ4v) is 1.41. The molecule has 0 saturated carbocycles. The van der Waals surface area contributed by atoms with Crippen LogP contribution in [-0.4, -0.2) is 23.2 Å². The summed E-state index contributed by atoms with van der Waals surface area (Å²) in [6.45, 7) is 5.41. The summed E-state index contributed by atoms with van der Waals surface area (Å²) in [6, 6.07) is 5.20. The van der Waals surface area contributed by atoms with Crippen LogP contribution in [0.1, 0.15) is 29.8 Å². The van der Waals surface area contributed by atoms with Crippen LogP contribution in [0.25, 0.3) is 0 Å². The lowest BCUT2D eigenvalue weighted by Gasteiger charge is -2.17. The number of aryl methyl sites for hydroxylation is 1. The van der Waals surface area contributed by atoms with E-state index < -0.39 is 4.32 Å². The predicted molar refractivity (Wildman–Crippen MR) is 76.2 cm³/mol. The monoisotopic (exact) mass is 312 g/mol. The first-order valence-corrected chi connectivity index (χ1v) is 6.38. The molecule has 2 amide bonds. The van der Waals surface area contributed by atoms with Gasteiger partial charge in [0.25, 0.3) is 5.91 Å². The van der Waals surface area contributed by atoms with Crippen molar-refractivity contribution < 1.29 is 9.59 Å². The smallest absolute Gasteiger partial charge is 0.251 e. The van der Waals surface area contributed by atoms with E-state index in [1.165, 1.54) is 0 Å². The SMILES string of the molecule is CNC(=O)c1ccc(C)c(NC(=O)C(C)(C)Br)c1. The number of carbonyl (C=O) groups excluding carboxylic acids is 2. The Morgan fingerprint density at radius 1 is 1.28 bits per heavy atom. The van der Waals surface area contributed by atoms with Gasteiger partial charge >= 0.3 is 0 Å². The minimum Gasteiger partial charge on any atom is -0.355 e. The van der Waals surface area contributed by atoms with Crippen LogP contribution in [0.4, 0.5) is 5.69 Å². The van der Waals surface area contributed by atoms with E-state index in [0.717, 1.165) is 5.56 Å². The van der Waals surface area contributed by atoms with Crippen molar-refractivity contribution in [3.05, 3.63) is 29.3 Å². The highest BCUT2D eigenvalue weighted by molar-refractivity contribution is 9.10. The molecule has 0 fully saturated rings. The second-order valence-electron chi connectivity index (χ2n) is 4.54. The summed E-state index contributed by atoms with van der Waals surface area (Å²) in [6.07, 6.45) is 0. The molecule has 98 valence electrons. The van der Waals surface area contributed by atoms with Gasteiger partial charge in [-0.15, -0.1) is 0 Å². The van der Waals surface area contributed by atoms with Gasteiger partial charge in [0, 0.05) is 18.3 Å². The lowest BCUT2D eigenvalue weighted by Crippen LogP contribution is -2.31. The fourth-order valence-electron chi connectivity index (χ4n) is 1.31. The van der Waals surface area contributed by atoms with Crippen LogP contribution in [0, 0.1) is 6.92 Å². The summed E-state index contributed by atoms with van der Waals surface area (Å²) in [5.41, 5.74) is 2.08. The molecule has 0 aliphatic heterocycles. The van der Waals surface area contributed by atoms with Crippen molar-refractivity contribution in [3.63, 3.8) is 0 Å². The van der Waals surface area contributed by atoms with E-state index in [9.17, 15) is 9.59 Å². The van der Waals surface area contributed by atoms with Crippen molar-refractivity contribution >= 4 is 33.4 Å². The maximum absolute atomic E-state index is 11.9. The summed E-state index contributed by atoms with van der Waals surface area (Å²) in [5.74, 6) is -0.330. The quantitative estimate of drug-likeness (QED) is 0.842. The number of hydrogen-bond acceptors (Lipinski definition) is 2. The standard InChI is InChI=1S/C13H17BrN2O2/c1-8-5-6-9(11(17)15-4)7-10(8)16-12(18)13(2,3)14/h5-7H,1-4H3,(H,15,17)(H,16,18). The molecule has 2 N–H and O–H groups in total. The first kappa shape index (κ1) is 14.7. The second-order valence-corrected chi connectivity index (χ2v) is 6.52. The average Bonchev–Trinajstić information content (AvgIpc) is 2.29. The molecule has 4 nitrogen and oxygen atoms in total. The summed E-state index contributed by atoms with van der Waals surface area (Å²) in [7, 11) is 1.57. The van der Waals surface area contributed by atoms with Crippen molar-refractivity contribution in [2.45, 2.75) is 25.1 Å². The van der Waals surface area contributed by atoms with Crippen LogP contribution in [-0.2, 0) is 4.79 Å². The number of benzene rings is 1. The topological polar surface area (TPSA) is 58.2 Å². The van der Waals surface area contributed by atoms with E-state index in [-0.39, 0.29) is 11.8 Å². The first-order chi connectivity index (χ1) is 8.25. The number of rotatable bonds is 3. The van der Waals surface area contributed by atoms with Gasteiger partial charge in [0.1, 0.15) is 0 Å². The molecule has 0 unspecified atom stereocenters. The van der Waals surface area contributed by atoms with Gasteiger partial charge < -0.3 is 10.6 Å². The largest absolute Gasteiger partial charge is 0.355 e. The second kappa shape index (κ2) is 5.52. The molecule has 0 saturated heterocycles. The lowest BCUT2D eigenvalue weighted by atomic mass is 10.1. The van der Waals surface area contributed by atoms with Gasteiger partial charge in [0.15, 0.2) is 0 Å². The molecule has 0 bridgehead atoms. The van der Waals surface area contributed by atoms with Gasteiger partial charge in [-0.2, -0.15) is 0 Å². The normalized spacial score (nSPS) is 10.9. The molecule has 0 radical (unpaired) electrons. The lowest BCUT2D eigenvalue weighted by molar-refractivity contribution is -0.117. The number of hydrogen-bond donors (Lipinski definition) is 2. The number of carbonyl (C=O) groups is 2. The molecule has 0 heterocycles. The minimum absolute atomic E-state index is 0.153. The van der Waals surface area contributed by atoms with Gasteiger partial charge in [-0.3, -0.25) is 9.59 Å². The van der Waals surface area contributed by atoms with Crippen LogP contribution in [0.2, 0.25) is 0 Å². The summed E-state index contributed by atoms with van der Waals surface area (Å²) >= 11 is 3.30. The van der Waals surface area contributed by atoms with E-state index in [1.807, 2.05) is 6.92 Å². The Labute approximate surface area is 115 Å². The maximum atomic E-state index is 11.9. The minimum atomic E-state index is -0.650. The van der Waals surface area contributed by atoms with Gasteiger partial charge in [0.2, 0.25) is 5.91 Å². The highest BCUT2D eigenvalue weighted by Crippen LogP contribution is 2.22. The van der Waals surface area contributed by atoms with Crippen LogP contribution in [0.3, 0.4) is 0 Å². The third-order valence-corrected chi connectivity index (χ3v) is 2.88. The third-order valence-electron chi connectivity index (χ3n) is 2.51. The number of anilines is 1. The van der Waals surface area contributed by atoms with Gasteiger partial charge in [0.05, 0.1) is 4.32 Å². The van der Waals surface area contributed by atoms with Crippen molar-refractivity contribution in [1.29, 1.82) is 0 Å². The Morgan fingerprint density at radius 3 is 2.39 bits per heavy atom. The molecule has 0 aromatic heterocycles. The molecule has 0 spiro atoms. The predicted octanol–water partition coefficient (Wildman–Crippen LogP) is 2.47. The molecule has 0 atom stereocenters. The molecular formula is C13H17BrN2O2. The maximum Gasteiger partial charge on any atom is 0.251 e. The Kier molecular flexibility index (Phi) is 4.51. The Balaban J connectivity index is 3.02. The average molecular weight is 313 g/mol. The van der Waals surface area contributed by atoms with E-state index >= 15 is 0 Å². The number of alkyl halides is 1. The van der Waals surface area contributed by atoms with Crippen molar-refractivity contribution in [2.75, 3.05) is 12.4 Å².